The molecule has 1 unspecified atom stereocenters. The van der Waals surface area contributed by atoms with Crippen molar-refractivity contribution >= 4 is 0 Å². The van der Waals surface area contributed by atoms with E-state index in [-0.39, 0.29) is 18.2 Å². The summed E-state index contributed by atoms with van der Waals surface area (Å²) in [6.45, 7) is 0.880. The first-order chi connectivity index (χ1) is 10.1. The number of aliphatic hydroxyl groups excluding tert-OH is 1. The van der Waals surface area contributed by atoms with Gasteiger partial charge in [-0.3, -0.25) is 0 Å². The van der Waals surface area contributed by atoms with Gasteiger partial charge in [-0.1, -0.05) is 12.1 Å². The van der Waals surface area contributed by atoms with Crippen molar-refractivity contribution in [2.45, 2.75) is 12.6 Å². The van der Waals surface area contributed by atoms with Gasteiger partial charge in [-0.05, 0) is 42.0 Å². The van der Waals surface area contributed by atoms with Gasteiger partial charge in [-0.25, -0.2) is 8.78 Å². The van der Waals surface area contributed by atoms with Crippen molar-refractivity contribution < 1.29 is 18.6 Å². The number of hydrogen-bond acceptors (Lipinski definition) is 3. The van der Waals surface area contributed by atoms with Crippen LogP contribution in [0, 0.1) is 11.6 Å². The lowest BCUT2D eigenvalue weighted by atomic mass is 10.2. The molecule has 0 saturated heterocycles. The summed E-state index contributed by atoms with van der Waals surface area (Å²) in [5, 5.41) is 12.8. The summed E-state index contributed by atoms with van der Waals surface area (Å²) in [4.78, 5) is 0. The molecule has 2 aromatic carbocycles. The maximum atomic E-state index is 13.0. The normalized spacial score (nSPS) is 12.1. The fraction of sp³-hybridized carbons (Fsp3) is 0.250. The Hall–Kier alpha value is -1.98. The fourth-order valence-electron chi connectivity index (χ4n) is 1.81. The molecule has 0 saturated carbocycles. The molecular formula is C16H17F2NO2. The summed E-state index contributed by atoms with van der Waals surface area (Å²) < 4.78 is 31.0. The van der Waals surface area contributed by atoms with E-state index in [0.29, 0.717) is 18.8 Å². The third-order valence-corrected chi connectivity index (χ3v) is 2.85. The third kappa shape index (κ3) is 5.49. The van der Waals surface area contributed by atoms with Gasteiger partial charge >= 0.3 is 0 Å². The zero-order valence-electron chi connectivity index (χ0n) is 11.4. The average Bonchev–Trinajstić information content (AvgIpc) is 2.47. The summed E-state index contributed by atoms with van der Waals surface area (Å²) in [7, 11) is 0. The van der Waals surface area contributed by atoms with Crippen LogP contribution in [0.2, 0.25) is 0 Å². The van der Waals surface area contributed by atoms with E-state index in [1.54, 1.807) is 12.1 Å². The average molecular weight is 293 g/mol. The number of aliphatic hydroxyl groups is 1. The molecular weight excluding hydrogens is 276 g/mol. The Bertz CT molecular complexity index is 560. The smallest absolute Gasteiger partial charge is 0.123 e. The summed E-state index contributed by atoms with van der Waals surface area (Å²) in [5.41, 5.74) is 0.807. The molecule has 0 fully saturated rings. The van der Waals surface area contributed by atoms with E-state index in [4.69, 9.17) is 4.74 Å². The van der Waals surface area contributed by atoms with Gasteiger partial charge in [0.2, 0.25) is 0 Å². The maximum Gasteiger partial charge on any atom is 0.123 e. The van der Waals surface area contributed by atoms with E-state index in [9.17, 15) is 13.9 Å². The molecule has 2 rings (SSSR count). The number of rotatable bonds is 7. The van der Waals surface area contributed by atoms with Crippen molar-refractivity contribution in [3.8, 4) is 5.75 Å². The van der Waals surface area contributed by atoms with Crippen LogP contribution in [-0.4, -0.2) is 24.4 Å². The minimum atomic E-state index is -0.705. The molecule has 2 aromatic rings. The lowest BCUT2D eigenvalue weighted by Gasteiger charge is -2.13. The topological polar surface area (TPSA) is 41.5 Å². The van der Waals surface area contributed by atoms with Crippen molar-refractivity contribution in [3.05, 3.63) is 65.7 Å². The number of benzene rings is 2. The van der Waals surface area contributed by atoms with Gasteiger partial charge in [-0.15, -0.1) is 0 Å². The molecule has 0 bridgehead atoms. The predicted octanol–water partition coefficient (Wildman–Crippen LogP) is 2.49. The molecule has 0 heterocycles. The number of ether oxygens (including phenoxy) is 1. The van der Waals surface area contributed by atoms with Gasteiger partial charge in [0, 0.05) is 13.1 Å². The van der Waals surface area contributed by atoms with Crippen LogP contribution in [0.4, 0.5) is 8.78 Å². The lowest BCUT2D eigenvalue weighted by Crippen LogP contribution is -2.31. The van der Waals surface area contributed by atoms with Gasteiger partial charge in [0.15, 0.2) is 0 Å². The predicted molar refractivity (Wildman–Crippen MR) is 76.0 cm³/mol. The van der Waals surface area contributed by atoms with Crippen molar-refractivity contribution in [3.63, 3.8) is 0 Å². The van der Waals surface area contributed by atoms with Crippen molar-refractivity contribution in [2.75, 3.05) is 13.2 Å². The Kier molecular flexibility index (Phi) is 5.66. The maximum absolute atomic E-state index is 13.0. The third-order valence-electron chi connectivity index (χ3n) is 2.85. The molecule has 0 aliphatic heterocycles. The van der Waals surface area contributed by atoms with Gasteiger partial charge in [0.05, 0.1) is 0 Å². The SMILES string of the molecule is OC(CNCc1cccc(F)c1)COc1ccc(F)cc1. The van der Waals surface area contributed by atoms with Crippen molar-refractivity contribution in [1.29, 1.82) is 0 Å². The molecule has 3 nitrogen and oxygen atoms in total. The summed E-state index contributed by atoms with van der Waals surface area (Å²) in [5.74, 6) is -0.116. The highest BCUT2D eigenvalue weighted by molar-refractivity contribution is 5.22. The second-order valence-corrected chi connectivity index (χ2v) is 4.68. The summed E-state index contributed by atoms with van der Waals surface area (Å²) in [6, 6.07) is 11.9. The Morgan fingerprint density at radius 3 is 2.52 bits per heavy atom. The van der Waals surface area contributed by atoms with Gasteiger partial charge in [0.25, 0.3) is 0 Å². The van der Waals surface area contributed by atoms with Crippen LogP contribution in [0.25, 0.3) is 0 Å². The summed E-state index contributed by atoms with van der Waals surface area (Å²) in [6.07, 6.45) is -0.705. The van der Waals surface area contributed by atoms with Gasteiger partial charge in [-0.2, -0.15) is 0 Å². The minimum absolute atomic E-state index is 0.0990. The van der Waals surface area contributed by atoms with Crippen LogP contribution >= 0.6 is 0 Å². The molecule has 2 N–H and O–H groups in total. The summed E-state index contributed by atoms with van der Waals surface area (Å²) >= 11 is 0. The van der Waals surface area contributed by atoms with E-state index in [0.717, 1.165) is 5.56 Å². The quantitative estimate of drug-likeness (QED) is 0.824. The number of halogens is 2. The lowest BCUT2D eigenvalue weighted by molar-refractivity contribution is 0.106. The molecule has 1 atom stereocenters. The Labute approximate surface area is 122 Å². The van der Waals surface area contributed by atoms with E-state index >= 15 is 0 Å². The molecule has 112 valence electrons. The molecule has 0 aliphatic rings. The molecule has 0 aliphatic carbocycles. The molecule has 0 radical (unpaired) electrons. The van der Waals surface area contributed by atoms with Crippen LogP contribution in [-0.2, 0) is 6.54 Å². The Morgan fingerprint density at radius 2 is 1.81 bits per heavy atom. The van der Waals surface area contributed by atoms with Gasteiger partial charge in [0.1, 0.15) is 30.1 Å². The van der Waals surface area contributed by atoms with Crippen LogP contribution in [0.15, 0.2) is 48.5 Å². The van der Waals surface area contributed by atoms with Gasteiger partial charge < -0.3 is 15.2 Å². The largest absolute Gasteiger partial charge is 0.491 e. The van der Waals surface area contributed by atoms with E-state index in [1.807, 2.05) is 0 Å². The van der Waals surface area contributed by atoms with Crippen LogP contribution in [0.3, 0.4) is 0 Å². The Balaban J connectivity index is 1.67. The minimum Gasteiger partial charge on any atom is -0.491 e. The first-order valence-electron chi connectivity index (χ1n) is 6.65. The first kappa shape index (κ1) is 15.4. The number of hydrogen-bond donors (Lipinski definition) is 2. The molecule has 0 amide bonds. The van der Waals surface area contributed by atoms with Crippen LogP contribution < -0.4 is 10.1 Å². The highest BCUT2D eigenvalue weighted by Gasteiger charge is 2.05. The van der Waals surface area contributed by atoms with Crippen molar-refractivity contribution in [2.24, 2.45) is 0 Å². The van der Waals surface area contributed by atoms with Crippen LogP contribution in [0.5, 0.6) is 5.75 Å². The Morgan fingerprint density at radius 1 is 1.05 bits per heavy atom. The second-order valence-electron chi connectivity index (χ2n) is 4.68. The molecule has 0 spiro atoms. The highest BCUT2D eigenvalue weighted by Crippen LogP contribution is 2.11. The van der Waals surface area contributed by atoms with Crippen molar-refractivity contribution in [1.82, 2.24) is 5.32 Å². The fourth-order valence-corrected chi connectivity index (χ4v) is 1.81. The van der Waals surface area contributed by atoms with E-state index < -0.39 is 6.10 Å². The standard InChI is InChI=1S/C16H17F2NO2/c17-13-4-6-16(7-5-13)21-11-15(20)10-19-9-12-2-1-3-14(18)8-12/h1-8,15,19-20H,9-11H2. The van der Waals surface area contributed by atoms with Crippen LogP contribution in [0.1, 0.15) is 5.56 Å². The molecule has 5 heteroatoms. The number of nitrogens with one attached hydrogen (secondary N) is 1. The second kappa shape index (κ2) is 7.71. The zero-order chi connectivity index (χ0) is 15.1. The monoisotopic (exact) mass is 293 g/mol. The highest BCUT2D eigenvalue weighted by atomic mass is 19.1. The zero-order valence-corrected chi connectivity index (χ0v) is 11.4. The first-order valence-corrected chi connectivity index (χ1v) is 6.65. The van der Waals surface area contributed by atoms with E-state index in [2.05, 4.69) is 5.32 Å². The molecule has 21 heavy (non-hydrogen) atoms. The van der Waals surface area contributed by atoms with E-state index in [1.165, 1.54) is 36.4 Å². The molecule has 0 aromatic heterocycles.